The van der Waals surface area contributed by atoms with Crippen LogP contribution in [0, 0.1) is 5.92 Å². The van der Waals surface area contributed by atoms with E-state index in [-0.39, 0.29) is 0 Å². The maximum atomic E-state index is 4.24. The second-order valence-electron chi connectivity index (χ2n) is 5.85. The summed E-state index contributed by atoms with van der Waals surface area (Å²) in [5.74, 6) is 0.770. The molecule has 2 rings (SSSR count). The van der Waals surface area contributed by atoms with E-state index in [2.05, 4.69) is 30.3 Å². The number of rotatable bonds is 5. The summed E-state index contributed by atoms with van der Waals surface area (Å²) in [5, 5.41) is 8.00. The highest BCUT2D eigenvalue weighted by Crippen LogP contribution is 2.31. The highest BCUT2D eigenvalue weighted by Gasteiger charge is 2.33. The molecular formula is C14H25N3. The number of hydrogen-bond donors (Lipinski definition) is 1. The van der Waals surface area contributed by atoms with Gasteiger partial charge in [-0.1, -0.05) is 13.8 Å². The molecule has 2 heterocycles. The molecule has 17 heavy (non-hydrogen) atoms. The number of aryl methyl sites for hydroxylation is 2. The molecule has 0 aliphatic carbocycles. The van der Waals surface area contributed by atoms with Crippen LogP contribution in [0.15, 0.2) is 12.3 Å². The first kappa shape index (κ1) is 12.6. The van der Waals surface area contributed by atoms with Crippen LogP contribution in [0.1, 0.15) is 45.2 Å². The average Bonchev–Trinajstić information content (AvgIpc) is 2.85. The summed E-state index contributed by atoms with van der Waals surface area (Å²) in [5.41, 5.74) is 1.74. The molecule has 1 atom stereocenters. The molecule has 0 amide bonds. The maximum Gasteiger partial charge on any atom is 0.0492 e. The smallest absolute Gasteiger partial charge is 0.0492 e. The molecule has 1 unspecified atom stereocenters. The Hall–Kier alpha value is -0.830. The highest BCUT2D eigenvalue weighted by molar-refractivity contribution is 5.03. The van der Waals surface area contributed by atoms with E-state index in [0.717, 1.165) is 12.3 Å². The number of aromatic nitrogens is 2. The van der Waals surface area contributed by atoms with Crippen molar-refractivity contribution in [3.05, 3.63) is 18.0 Å². The lowest BCUT2D eigenvalue weighted by Gasteiger charge is -2.31. The molecule has 0 radical (unpaired) electrons. The van der Waals surface area contributed by atoms with Crippen LogP contribution in [0.5, 0.6) is 0 Å². The quantitative estimate of drug-likeness (QED) is 0.850. The van der Waals surface area contributed by atoms with Gasteiger partial charge >= 0.3 is 0 Å². The molecule has 3 nitrogen and oxygen atoms in total. The summed E-state index contributed by atoms with van der Waals surface area (Å²) < 4.78 is 2.00. The second kappa shape index (κ2) is 5.21. The average molecular weight is 235 g/mol. The van der Waals surface area contributed by atoms with Gasteiger partial charge in [-0.25, -0.2) is 0 Å². The van der Waals surface area contributed by atoms with Gasteiger partial charge in [-0.3, -0.25) is 4.68 Å². The molecule has 1 fully saturated rings. The van der Waals surface area contributed by atoms with Crippen molar-refractivity contribution in [3.8, 4) is 0 Å². The summed E-state index contributed by atoms with van der Waals surface area (Å²) >= 11 is 0. The maximum absolute atomic E-state index is 4.24. The zero-order valence-corrected chi connectivity index (χ0v) is 11.4. The summed E-state index contributed by atoms with van der Waals surface area (Å²) in [6.07, 6.45) is 8.24. The van der Waals surface area contributed by atoms with Crippen LogP contribution < -0.4 is 5.32 Å². The van der Waals surface area contributed by atoms with Gasteiger partial charge in [-0.15, -0.1) is 0 Å². The topological polar surface area (TPSA) is 29.9 Å². The third-order valence-electron chi connectivity index (χ3n) is 3.91. The molecule has 0 spiro atoms. The minimum absolute atomic E-state index is 0.387. The van der Waals surface area contributed by atoms with Crippen LogP contribution in [-0.2, 0) is 13.5 Å². The van der Waals surface area contributed by atoms with Crippen molar-refractivity contribution in [1.29, 1.82) is 0 Å². The summed E-state index contributed by atoms with van der Waals surface area (Å²) in [4.78, 5) is 0. The molecule has 1 aliphatic rings. The van der Waals surface area contributed by atoms with Gasteiger partial charge in [0.1, 0.15) is 0 Å². The van der Waals surface area contributed by atoms with Gasteiger partial charge in [-0.05, 0) is 50.6 Å². The second-order valence-corrected chi connectivity index (χ2v) is 5.85. The normalized spacial score (nSPS) is 24.7. The molecule has 1 saturated heterocycles. The standard InChI is InChI=1S/C14H25N3/c1-12(2)11-14(7-4-9-15-14)8-5-13-6-10-16-17(13)3/h6,10,12,15H,4-5,7-9,11H2,1-3H3. The SMILES string of the molecule is CC(C)CC1(CCc2ccnn2C)CCCN1. The molecule has 3 heteroatoms. The predicted octanol–water partition coefficient (Wildman–Crippen LogP) is 2.52. The van der Waals surface area contributed by atoms with Crippen LogP contribution in [0.3, 0.4) is 0 Å². The van der Waals surface area contributed by atoms with Gasteiger partial charge in [0.2, 0.25) is 0 Å². The van der Waals surface area contributed by atoms with Gasteiger partial charge in [0.15, 0.2) is 0 Å². The van der Waals surface area contributed by atoms with E-state index in [9.17, 15) is 0 Å². The molecule has 0 bridgehead atoms. The first-order valence-corrected chi connectivity index (χ1v) is 6.83. The van der Waals surface area contributed by atoms with E-state index in [1.165, 1.54) is 37.9 Å². The third-order valence-corrected chi connectivity index (χ3v) is 3.91. The molecule has 1 aromatic heterocycles. The fourth-order valence-electron chi connectivity index (χ4n) is 3.15. The monoisotopic (exact) mass is 235 g/mol. The van der Waals surface area contributed by atoms with Gasteiger partial charge in [0, 0.05) is 24.5 Å². The Bertz CT molecular complexity index is 348. The fourth-order valence-corrected chi connectivity index (χ4v) is 3.15. The van der Waals surface area contributed by atoms with Crippen LogP contribution >= 0.6 is 0 Å². The van der Waals surface area contributed by atoms with Crippen molar-refractivity contribution < 1.29 is 0 Å². The van der Waals surface area contributed by atoms with Crippen molar-refractivity contribution in [2.75, 3.05) is 6.54 Å². The van der Waals surface area contributed by atoms with Crippen LogP contribution in [0.25, 0.3) is 0 Å². The number of hydrogen-bond acceptors (Lipinski definition) is 2. The van der Waals surface area contributed by atoms with Crippen LogP contribution in [0.2, 0.25) is 0 Å². The van der Waals surface area contributed by atoms with Crippen molar-refractivity contribution >= 4 is 0 Å². The number of nitrogens with zero attached hydrogens (tertiary/aromatic N) is 2. The molecule has 0 aromatic carbocycles. The lowest BCUT2D eigenvalue weighted by Crippen LogP contribution is -2.41. The van der Waals surface area contributed by atoms with E-state index in [4.69, 9.17) is 0 Å². The van der Waals surface area contributed by atoms with E-state index in [1.54, 1.807) is 0 Å². The van der Waals surface area contributed by atoms with Crippen LogP contribution in [0.4, 0.5) is 0 Å². The molecule has 1 N–H and O–H groups in total. The van der Waals surface area contributed by atoms with Crippen molar-refractivity contribution in [3.63, 3.8) is 0 Å². The molecule has 1 aromatic rings. The lowest BCUT2D eigenvalue weighted by molar-refractivity contribution is 0.282. The van der Waals surface area contributed by atoms with Gasteiger partial charge in [0.05, 0.1) is 0 Å². The minimum atomic E-state index is 0.387. The first-order chi connectivity index (χ1) is 8.11. The molecule has 0 saturated carbocycles. The van der Waals surface area contributed by atoms with Gasteiger partial charge in [0.25, 0.3) is 0 Å². The third kappa shape index (κ3) is 3.09. The summed E-state index contributed by atoms with van der Waals surface area (Å²) in [7, 11) is 2.03. The van der Waals surface area contributed by atoms with Crippen molar-refractivity contribution in [1.82, 2.24) is 15.1 Å². The fraction of sp³-hybridized carbons (Fsp3) is 0.786. The first-order valence-electron chi connectivity index (χ1n) is 6.83. The Morgan fingerprint density at radius 2 is 2.35 bits per heavy atom. The Balaban J connectivity index is 1.96. The number of nitrogens with one attached hydrogen (secondary N) is 1. The summed E-state index contributed by atoms with van der Waals surface area (Å²) in [6.45, 7) is 5.84. The lowest BCUT2D eigenvalue weighted by atomic mass is 9.83. The van der Waals surface area contributed by atoms with Crippen LogP contribution in [-0.4, -0.2) is 21.9 Å². The van der Waals surface area contributed by atoms with E-state index in [0.29, 0.717) is 5.54 Å². The van der Waals surface area contributed by atoms with Gasteiger partial charge in [-0.2, -0.15) is 5.10 Å². The van der Waals surface area contributed by atoms with E-state index >= 15 is 0 Å². The zero-order chi connectivity index (χ0) is 12.3. The Labute approximate surface area is 105 Å². The minimum Gasteiger partial charge on any atom is -0.311 e. The van der Waals surface area contributed by atoms with Gasteiger partial charge < -0.3 is 5.32 Å². The Kier molecular flexibility index (Phi) is 3.87. The molecule has 1 aliphatic heterocycles. The van der Waals surface area contributed by atoms with E-state index < -0.39 is 0 Å². The van der Waals surface area contributed by atoms with Crippen molar-refractivity contribution in [2.45, 2.75) is 51.5 Å². The Morgan fingerprint density at radius 3 is 2.88 bits per heavy atom. The predicted molar refractivity (Wildman–Crippen MR) is 71.0 cm³/mol. The largest absolute Gasteiger partial charge is 0.311 e. The molecule has 96 valence electrons. The highest BCUT2D eigenvalue weighted by atomic mass is 15.2. The van der Waals surface area contributed by atoms with E-state index in [1.807, 2.05) is 17.9 Å². The summed E-state index contributed by atoms with van der Waals surface area (Å²) in [6, 6.07) is 2.14. The van der Waals surface area contributed by atoms with Crippen molar-refractivity contribution in [2.24, 2.45) is 13.0 Å². The Morgan fingerprint density at radius 1 is 1.53 bits per heavy atom. The molecular weight excluding hydrogens is 210 g/mol. The zero-order valence-electron chi connectivity index (χ0n) is 11.4.